The molecule has 112 valence electrons. The highest BCUT2D eigenvalue weighted by atomic mass is 19.1. The van der Waals surface area contributed by atoms with E-state index in [1.165, 1.54) is 20.3 Å². The molecule has 0 aliphatic carbocycles. The van der Waals surface area contributed by atoms with Gasteiger partial charge in [0, 0.05) is 24.2 Å². The standard InChI is InChI=1S/C16H18FNO3/c1-10(18)11-4-5-16(15(17)6-11)21-14-8-12(19-2)7-13(9-14)20-3/h4-10H,18H2,1-3H3. The summed E-state index contributed by atoms with van der Waals surface area (Å²) in [5.41, 5.74) is 6.43. The molecule has 0 saturated heterocycles. The third kappa shape index (κ3) is 3.64. The molecule has 0 aliphatic rings. The summed E-state index contributed by atoms with van der Waals surface area (Å²) in [5.74, 6) is 1.22. The van der Waals surface area contributed by atoms with Gasteiger partial charge in [-0.05, 0) is 24.6 Å². The van der Waals surface area contributed by atoms with E-state index < -0.39 is 5.82 Å². The quantitative estimate of drug-likeness (QED) is 0.913. The second-order valence-electron chi connectivity index (χ2n) is 4.63. The molecule has 5 heteroatoms. The molecule has 0 aliphatic heterocycles. The largest absolute Gasteiger partial charge is 0.496 e. The van der Waals surface area contributed by atoms with Gasteiger partial charge in [0.05, 0.1) is 14.2 Å². The molecule has 2 rings (SSSR count). The summed E-state index contributed by atoms with van der Waals surface area (Å²) in [5, 5.41) is 0. The van der Waals surface area contributed by atoms with Gasteiger partial charge in [0.1, 0.15) is 17.2 Å². The van der Waals surface area contributed by atoms with Gasteiger partial charge in [0.15, 0.2) is 11.6 Å². The molecule has 1 atom stereocenters. The number of rotatable bonds is 5. The molecule has 4 nitrogen and oxygen atoms in total. The summed E-state index contributed by atoms with van der Waals surface area (Å²) >= 11 is 0. The minimum Gasteiger partial charge on any atom is -0.496 e. The maximum absolute atomic E-state index is 14.0. The summed E-state index contributed by atoms with van der Waals surface area (Å²) < 4.78 is 29.9. The van der Waals surface area contributed by atoms with Crippen LogP contribution in [0.3, 0.4) is 0 Å². The smallest absolute Gasteiger partial charge is 0.166 e. The van der Waals surface area contributed by atoms with Crippen LogP contribution in [0.4, 0.5) is 4.39 Å². The van der Waals surface area contributed by atoms with E-state index in [9.17, 15) is 4.39 Å². The number of halogens is 1. The lowest BCUT2D eigenvalue weighted by Gasteiger charge is -2.12. The van der Waals surface area contributed by atoms with Crippen LogP contribution in [0.15, 0.2) is 36.4 Å². The van der Waals surface area contributed by atoms with Gasteiger partial charge < -0.3 is 19.9 Å². The van der Waals surface area contributed by atoms with Crippen LogP contribution in [-0.4, -0.2) is 14.2 Å². The Balaban J connectivity index is 2.29. The van der Waals surface area contributed by atoms with Crippen molar-refractivity contribution in [2.45, 2.75) is 13.0 Å². The van der Waals surface area contributed by atoms with Gasteiger partial charge in [-0.2, -0.15) is 0 Å². The van der Waals surface area contributed by atoms with E-state index in [-0.39, 0.29) is 11.8 Å². The first-order valence-corrected chi connectivity index (χ1v) is 6.49. The molecule has 0 spiro atoms. The zero-order valence-electron chi connectivity index (χ0n) is 12.2. The number of hydrogen-bond acceptors (Lipinski definition) is 4. The Bertz CT molecular complexity index is 607. The Morgan fingerprint density at radius 2 is 1.52 bits per heavy atom. The van der Waals surface area contributed by atoms with Gasteiger partial charge in [-0.3, -0.25) is 0 Å². The average Bonchev–Trinajstić information content (AvgIpc) is 2.48. The molecule has 0 heterocycles. The molecular weight excluding hydrogens is 273 g/mol. The third-order valence-corrected chi connectivity index (χ3v) is 3.03. The zero-order valence-corrected chi connectivity index (χ0v) is 12.2. The molecule has 0 aromatic heterocycles. The first-order chi connectivity index (χ1) is 10.0. The molecule has 0 saturated carbocycles. The number of methoxy groups -OCH3 is 2. The van der Waals surface area contributed by atoms with Crippen molar-refractivity contribution in [1.29, 1.82) is 0 Å². The predicted octanol–water partition coefficient (Wildman–Crippen LogP) is 3.65. The fourth-order valence-electron chi connectivity index (χ4n) is 1.85. The van der Waals surface area contributed by atoms with Crippen molar-refractivity contribution in [3.8, 4) is 23.0 Å². The summed E-state index contributed by atoms with van der Waals surface area (Å²) in [7, 11) is 3.08. The molecule has 1 unspecified atom stereocenters. The maximum Gasteiger partial charge on any atom is 0.166 e. The van der Waals surface area contributed by atoms with E-state index in [1.54, 1.807) is 37.3 Å². The van der Waals surface area contributed by atoms with Crippen molar-refractivity contribution >= 4 is 0 Å². The highest BCUT2D eigenvalue weighted by molar-refractivity contribution is 5.44. The van der Waals surface area contributed by atoms with E-state index in [2.05, 4.69) is 0 Å². The topological polar surface area (TPSA) is 53.7 Å². The lowest BCUT2D eigenvalue weighted by molar-refractivity contribution is 0.383. The number of nitrogens with two attached hydrogens (primary N) is 1. The fourth-order valence-corrected chi connectivity index (χ4v) is 1.85. The van der Waals surface area contributed by atoms with Gasteiger partial charge in [-0.1, -0.05) is 6.07 Å². The molecule has 0 radical (unpaired) electrons. The van der Waals surface area contributed by atoms with E-state index in [4.69, 9.17) is 19.9 Å². The van der Waals surface area contributed by atoms with Gasteiger partial charge in [0.2, 0.25) is 0 Å². The van der Waals surface area contributed by atoms with Crippen LogP contribution in [0.25, 0.3) is 0 Å². The van der Waals surface area contributed by atoms with Crippen LogP contribution in [0, 0.1) is 5.82 Å². The second-order valence-corrected chi connectivity index (χ2v) is 4.63. The van der Waals surface area contributed by atoms with Crippen molar-refractivity contribution in [2.24, 2.45) is 5.73 Å². The second kappa shape index (κ2) is 6.45. The SMILES string of the molecule is COc1cc(OC)cc(Oc2ccc(C(C)N)cc2F)c1. The van der Waals surface area contributed by atoms with Gasteiger partial charge in [-0.25, -0.2) is 4.39 Å². The minimum atomic E-state index is -0.466. The van der Waals surface area contributed by atoms with Gasteiger partial charge in [0.25, 0.3) is 0 Å². The van der Waals surface area contributed by atoms with Crippen molar-refractivity contribution in [3.05, 3.63) is 47.8 Å². The molecule has 0 fully saturated rings. The summed E-state index contributed by atoms with van der Waals surface area (Å²) in [6.45, 7) is 1.79. The Morgan fingerprint density at radius 1 is 0.952 bits per heavy atom. The average molecular weight is 291 g/mol. The Morgan fingerprint density at radius 3 is 2.00 bits per heavy atom. The highest BCUT2D eigenvalue weighted by Crippen LogP contribution is 2.32. The summed E-state index contributed by atoms with van der Waals surface area (Å²) in [4.78, 5) is 0. The monoisotopic (exact) mass is 291 g/mol. The Hall–Kier alpha value is -2.27. The van der Waals surface area contributed by atoms with Crippen molar-refractivity contribution < 1.29 is 18.6 Å². The normalized spacial score (nSPS) is 11.9. The molecule has 21 heavy (non-hydrogen) atoms. The van der Waals surface area contributed by atoms with Crippen LogP contribution in [0.5, 0.6) is 23.0 Å². The van der Waals surface area contributed by atoms with Crippen LogP contribution in [-0.2, 0) is 0 Å². The lowest BCUT2D eigenvalue weighted by atomic mass is 10.1. The van der Waals surface area contributed by atoms with Crippen LogP contribution >= 0.6 is 0 Å². The summed E-state index contributed by atoms with van der Waals surface area (Å²) in [6.07, 6.45) is 0. The number of hydrogen-bond donors (Lipinski definition) is 1. The number of ether oxygens (including phenoxy) is 3. The van der Waals surface area contributed by atoms with Crippen molar-refractivity contribution in [3.63, 3.8) is 0 Å². The molecule has 2 aromatic carbocycles. The van der Waals surface area contributed by atoms with E-state index in [1.807, 2.05) is 0 Å². The minimum absolute atomic E-state index is 0.120. The van der Waals surface area contributed by atoms with E-state index >= 15 is 0 Å². The molecular formula is C16H18FNO3. The first kappa shape index (κ1) is 15.1. The highest BCUT2D eigenvalue weighted by Gasteiger charge is 2.10. The van der Waals surface area contributed by atoms with Crippen LogP contribution in [0.2, 0.25) is 0 Å². The zero-order chi connectivity index (χ0) is 15.4. The fraction of sp³-hybridized carbons (Fsp3) is 0.250. The van der Waals surface area contributed by atoms with Crippen LogP contribution in [0.1, 0.15) is 18.5 Å². The first-order valence-electron chi connectivity index (χ1n) is 6.49. The van der Waals surface area contributed by atoms with Gasteiger partial charge in [-0.15, -0.1) is 0 Å². The van der Waals surface area contributed by atoms with Crippen molar-refractivity contribution in [1.82, 2.24) is 0 Å². The third-order valence-electron chi connectivity index (χ3n) is 3.03. The molecule has 0 amide bonds. The number of benzene rings is 2. The lowest BCUT2D eigenvalue weighted by Crippen LogP contribution is -2.05. The molecule has 2 N–H and O–H groups in total. The van der Waals surface area contributed by atoms with Gasteiger partial charge >= 0.3 is 0 Å². The predicted molar refractivity (Wildman–Crippen MR) is 78.6 cm³/mol. The Labute approximate surface area is 123 Å². The van der Waals surface area contributed by atoms with Crippen LogP contribution < -0.4 is 19.9 Å². The maximum atomic E-state index is 14.0. The molecule has 2 aromatic rings. The Kier molecular flexibility index (Phi) is 4.65. The van der Waals surface area contributed by atoms with E-state index in [0.717, 1.165) is 0 Å². The van der Waals surface area contributed by atoms with E-state index in [0.29, 0.717) is 22.8 Å². The van der Waals surface area contributed by atoms with Crippen molar-refractivity contribution in [2.75, 3.05) is 14.2 Å². The summed E-state index contributed by atoms with van der Waals surface area (Å²) in [6, 6.07) is 9.45. The molecule has 0 bridgehead atoms.